The lowest BCUT2D eigenvalue weighted by Gasteiger charge is -2.04. The Labute approximate surface area is 118 Å². The van der Waals surface area contributed by atoms with Crippen LogP contribution in [0.2, 0.25) is 10.0 Å². The van der Waals surface area contributed by atoms with Crippen LogP contribution in [0.15, 0.2) is 23.3 Å². The summed E-state index contributed by atoms with van der Waals surface area (Å²) >= 11 is 11.5. The second-order valence-electron chi connectivity index (χ2n) is 3.53. The molecule has 6 nitrogen and oxygen atoms in total. The van der Waals surface area contributed by atoms with Gasteiger partial charge in [-0.05, 0) is 18.2 Å². The number of hydrogen-bond donors (Lipinski definition) is 3. The first-order valence-electron chi connectivity index (χ1n) is 5.12. The first-order valence-corrected chi connectivity index (χ1v) is 5.88. The Kier molecular flexibility index (Phi) is 5.59. The molecule has 0 aliphatic rings. The van der Waals surface area contributed by atoms with E-state index in [1.807, 2.05) is 0 Å². The fraction of sp³-hybridized carbons (Fsp3) is 0.182. The highest BCUT2D eigenvalue weighted by molar-refractivity contribution is 6.36. The predicted molar refractivity (Wildman–Crippen MR) is 72.0 cm³/mol. The van der Waals surface area contributed by atoms with Crippen molar-refractivity contribution in [1.82, 2.24) is 0 Å². The highest BCUT2D eigenvalue weighted by Crippen LogP contribution is 2.22. The van der Waals surface area contributed by atoms with E-state index in [0.29, 0.717) is 15.7 Å². The van der Waals surface area contributed by atoms with Gasteiger partial charge in [-0.3, -0.25) is 10.2 Å². The molecule has 0 fully saturated rings. The molecular weight excluding hydrogens is 295 g/mol. The molecule has 3 N–H and O–H groups in total. The summed E-state index contributed by atoms with van der Waals surface area (Å²) in [6.45, 7) is 0. The fourth-order valence-corrected chi connectivity index (χ4v) is 1.71. The number of hydrogen-bond acceptors (Lipinski definition) is 4. The fourth-order valence-electron chi connectivity index (χ4n) is 1.19. The van der Waals surface area contributed by atoms with E-state index >= 15 is 0 Å². The normalized spacial score (nSPS) is 11.2. The molecule has 102 valence electrons. The van der Waals surface area contributed by atoms with Gasteiger partial charge >= 0.3 is 11.9 Å². The van der Waals surface area contributed by atoms with E-state index in [0.717, 1.165) is 0 Å². The number of hydrazone groups is 1. The van der Waals surface area contributed by atoms with Crippen LogP contribution in [0.3, 0.4) is 0 Å². The summed E-state index contributed by atoms with van der Waals surface area (Å²) in [6, 6.07) is 4.53. The Morgan fingerprint density at radius 1 is 1.11 bits per heavy atom. The summed E-state index contributed by atoms with van der Waals surface area (Å²) in [7, 11) is 0. The largest absolute Gasteiger partial charge is 0.481 e. The molecule has 8 heteroatoms. The van der Waals surface area contributed by atoms with Gasteiger partial charge in [-0.25, -0.2) is 4.79 Å². The van der Waals surface area contributed by atoms with Gasteiger partial charge in [0.1, 0.15) is 5.71 Å². The molecule has 0 heterocycles. The molecular formula is C11H10Cl2N2O4. The number of carboxylic acid groups (broad SMARTS) is 2. The molecule has 0 spiro atoms. The van der Waals surface area contributed by atoms with Gasteiger partial charge in [-0.2, -0.15) is 5.10 Å². The smallest absolute Gasteiger partial charge is 0.352 e. The number of aliphatic carboxylic acids is 2. The Morgan fingerprint density at radius 2 is 1.68 bits per heavy atom. The van der Waals surface area contributed by atoms with Crippen LogP contribution in [-0.4, -0.2) is 27.9 Å². The SMILES string of the molecule is O=C(O)CCC(=NNc1cc(Cl)cc(Cl)c1)C(=O)O. The number of rotatable bonds is 6. The summed E-state index contributed by atoms with van der Waals surface area (Å²) in [5.74, 6) is -2.39. The Morgan fingerprint density at radius 3 is 2.16 bits per heavy atom. The summed E-state index contributed by atoms with van der Waals surface area (Å²) in [5, 5.41) is 21.7. The Balaban J connectivity index is 2.79. The quantitative estimate of drug-likeness (QED) is 0.554. The van der Waals surface area contributed by atoms with Gasteiger partial charge < -0.3 is 10.2 Å². The van der Waals surface area contributed by atoms with E-state index < -0.39 is 11.9 Å². The van der Waals surface area contributed by atoms with E-state index in [1.54, 1.807) is 0 Å². The lowest BCUT2D eigenvalue weighted by atomic mass is 10.2. The highest BCUT2D eigenvalue weighted by Gasteiger charge is 2.11. The van der Waals surface area contributed by atoms with Crippen LogP contribution in [-0.2, 0) is 9.59 Å². The lowest BCUT2D eigenvalue weighted by Crippen LogP contribution is -2.16. The third kappa shape index (κ3) is 5.58. The average Bonchev–Trinajstić information content (AvgIpc) is 2.26. The minimum Gasteiger partial charge on any atom is -0.481 e. The van der Waals surface area contributed by atoms with Gasteiger partial charge in [-0.1, -0.05) is 23.2 Å². The molecule has 0 radical (unpaired) electrons. The first kappa shape index (κ1) is 15.3. The van der Waals surface area contributed by atoms with Crippen molar-refractivity contribution in [3.05, 3.63) is 28.2 Å². The van der Waals surface area contributed by atoms with Crippen molar-refractivity contribution in [2.45, 2.75) is 12.8 Å². The standard InChI is InChI=1S/C11H10Cl2N2O4/c12-6-3-7(13)5-8(4-6)14-15-9(11(18)19)1-2-10(16)17/h3-5,14H,1-2H2,(H,16,17)(H,18,19). The maximum absolute atomic E-state index is 10.9. The zero-order valence-corrected chi connectivity index (χ0v) is 11.1. The first-order chi connectivity index (χ1) is 8.88. The van der Waals surface area contributed by atoms with E-state index in [-0.39, 0.29) is 18.6 Å². The number of benzene rings is 1. The summed E-state index contributed by atoms with van der Waals surface area (Å²) in [6.07, 6.45) is -0.505. The lowest BCUT2D eigenvalue weighted by molar-refractivity contribution is -0.136. The zero-order chi connectivity index (χ0) is 14.4. The Bertz CT molecular complexity index is 511. The van der Waals surface area contributed by atoms with Crippen LogP contribution in [0.25, 0.3) is 0 Å². The molecule has 0 saturated carbocycles. The van der Waals surface area contributed by atoms with Crippen LogP contribution in [0.1, 0.15) is 12.8 Å². The average molecular weight is 305 g/mol. The van der Waals surface area contributed by atoms with E-state index in [2.05, 4.69) is 10.5 Å². The molecule has 0 aromatic heterocycles. The topological polar surface area (TPSA) is 99.0 Å². The van der Waals surface area contributed by atoms with Crippen LogP contribution < -0.4 is 5.43 Å². The number of carboxylic acids is 2. The van der Waals surface area contributed by atoms with Crippen molar-refractivity contribution < 1.29 is 19.8 Å². The van der Waals surface area contributed by atoms with E-state index in [9.17, 15) is 9.59 Å². The number of nitrogens with one attached hydrogen (secondary N) is 1. The van der Waals surface area contributed by atoms with Gasteiger partial charge in [-0.15, -0.1) is 0 Å². The maximum Gasteiger partial charge on any atom is 0.352 e. The predicted octanol–water partition coefficient (Wildman–Crippen LogP) is 2.71. The molecule has 0 amide bonds. The minimum absolute atomic E-state index is 0.189. The van der Waals surface area contributed by atoms with Crippen LogP contribution in [0.5, 0.6) is 0 Å². The molecule has 19 heavy (non-hydrogen) atoms. The van der Waals surface area contributed by atoms with Gasteiger partial charge in [0.25, 0.3) is 0 Å². The van der Waals surface area contributed by atoms with Crippen molar-refractivity contribution in [1.29, 1.82) is 0 Å². The molecule has 0 aliphatic heterocycles. The number of anilines is 1. The molecule has 1 aromatic carbocycles. The van der Waals surface area contributed by atoms with E-state index in [1.165, 1.54) is 18.2 Å². The maximum atomic E-state index is 10.9. The van der Waals surface area contributed by atoms with Gasteiger partial charge in [0.2, 0.25) is 0 Å². The number of halogens is 2. The van der Waals surface area contributed by atoms with Gasteiger partial charge in [0.05, 0.1) is 12.1 Å². The number of nitrogens with zero attached hydrogens (tertiary/aromatic N) is 1. The minimum atomic E-state index is -1.29. The van der Waals surface area contributed by atoms with Crippen LogP contribution in [0.4, 0.5) is 5.69 Å². The third-order valence-electron chi connectivity index (χ3n) is 2.01. The molecule has 1 rings (SSSR count). The second-order valence-corrected chi connectivity index (χ2v) is 4.40. The highest BCUT2D eigenvalue weighted by atomic mass is 35.5. The molecule has 0 unspecified atom stereocenters. The summed E-state index contributed by atoms with van der Waals surface area (Å²) in [5.41, 5.74) is 2.59. The van der Waals surface area contributed by atoms with Crippen molar-refractivity contribution in [2.24, 2.45) is 5.10 Å². The molecule has 0 aliphatic carbocycles. The Hall–Kier alpha value is -1.79. The van der Waals surface area contributed by atoms with Gasteiger partial charge in [0, 0.05) is 16.5 Å². The second kappa shape index (κ2) is 6.96. The van der Waals surface area contributed by atoms with Crippen molar-refractivity contribution in [2.75, 3.05) is 5.43 Å². The zero-order valence-electron chi connectivity index (χ0n) is 9.56. The summed E-state index contributed by atoms with van der Waals surface area (Å²) < 4.78 is 0. The molecule has 0 bridgehead atoms. The van der Waals surface area contributed by atoms with Crippen LogP contribution >= 0.6 is 23.2 Å². The van der Waals surface area contributed by atoms with Crippen molar-refractivity contribution in [3.8, 4) is 0 Å². The monoisotopic (exact) mass is 304 g/mol. The van der Waals surface area contributed by atoms with Crippen LogP contribution in [0, 0.1) is 0 Å². The van der Waals surface area contributed by atoms with Crippen molar-refractivity contribution in [3.63, 3.8) is 0 Å². The number of carbonyl (C=O) groups is 2. The third-order valence-corrected chi connectivity index (χ3v) is 2.44. The summed E-state index contributed by atoms with van der Waals surface area (Å²) in [4.78, 5) is 21.2. The van der Waals surface area contributed by atoms with E-state index in [4.69, 9.17) is 33.4 Å². The molecule has 0 atom stereocenters. The van der Waals surface area contributed by atoms with Crippen molar-refractivity contribution >= 4 is 46.5 Å². The molecule has 0 saturated heterocycles. The van der Waals surface area contributed by atoms with Gasteiger partial charge in [0.15, 0.2) is 0 Å². The molecule has 1 aromatic rings.